The van der Waals surface area contributed by atoms with Crippen LogP contribution >= 0.6 is 15.9 Å². The van der Waals surface area contributed by atoms with Crippen LogP contribution in [0.15, 0.2) is 22.8 Å². The van der Waals surface area contributed by atoms with Gasteiger partial charge in [-0.2, -0.15) is 0 Å². The second kappa shape index (κ2) is 6.40. The lowest BCUT2D eigenvalue weighted by atomic mass is 10.2. The Morgan fingerprint density at radius 3 is 3.00 bits per heavy atom. The Morgan fingerprint density at radius 1 is 1.53 bits per heavy atom. The number of ether oxygens (including phenoxy) is 1. The first-order chi connectivity index (χ1) is 7.18. The van der Waals surface area contributed by atoms with Gasteiger partial charge in [-0.3, -0.25) is 4.79 Å². The summed E-state index contributed by atoms with van der Waals surface area (Å²) in [6.45, 7) is 0.497. The number of hydrogen-bond donors (Lipinski definition) is 1. The number of carbonyl (C=O) groups is 1. The van der Waals surface area contributed by atoms with Gasteiger partial charge >= 0.3 is 5.97 Å². The van der Waals surface area contributed by atoms with Gasteiger partial charge in [0.25, 0.3) is 0 Å². The van der Waals surface area contributed by atoms with E-state index in [-0.39, 0.29) is 6.42 Å². The van der Waals surface area contributed by atoms with E-state index in [0.717, 1.165) is 10.9 Å². The van der Waals surface area contributed by atoms with E-state index in [0.29, 0.717) is 18.9 Å². The summed E-state index contributed by atoms with van der Waals surface area (Å²) in [7, 11) is 0. The minimum absolute atomic E-state index is 0.190. The first-order valence-corrected chi connectivity index (χ1v) is 5.44. The second-order valence-corrected chi connectivity index (χ2v) is 3.93. The molecule has 0 unspecified atom stereocenters. The monoisotopic (exact) mass is 273 g/mol. The van der Waals surface area contributed by atoms with Gasteiger partial charge in [0.2, 0.25) is 5.88 Å². The number of rotatable bonds is 6. The molecule has 0 aromatic carbocycles. The van der Waals surface area contributed by atoms with Crippen molar-refractivity contribution in [1.82, 2.24) is 4.98 Å². The SMILES string of the molecule is O=C(O)CCCCOc1cc(Br)ccn1. The van der Waals surface area contributed by atoms with Crippen molar-refractivity contribution >= 4 is 21.9 Å². The molecule has 5 heteroatoms. The summed E-state index contributed by atoms with van der Waals surface area (Å²) < 4.78 is 6.25. The molecule has 0 fully saturated rings. The van der Waals surface area contributed by atoms with Crippen molar-refractivity contribution in [1.29, 1.82) is 0 Å². The van der Waals surface area contributed by atoms with Crippen LogP contribution < -0.4 is 4.74 Å². The molecular weight excluding hydrogens is 262 g/mol. The maximum atomic E-state index is 10.2. The van der Waals surface area contributed by atoms with E-state index in [1.807, 2.05) is 6.07 Å². The average Bonchev–Trinajstić information content (AvgIpc) is 2.17. The Hall–Kier alpha value is -1.10. The number of carboxylic acid groups (broad SMARTS) is 1. The highest BCUT2D eigenvalue weighted by atomic mass is 79.9. The Balaban J connectivity index is 2.17. The van der Waals surface area contributed by atoms with Gasteiger partial charge in [-0.25, -0.2) is 4.98 Å². The van der Waals surface area contributed by atoms with Crippen LogP contribution in [0, 0.1) is 0 Å². The first kappa shape index (κ1) is 12.0. The quantitative estimate of drug-likeness (QED) is 0.809. The lowest BCUT2D eigenvalue weighted by Crippen LogP contribution is -2.01. The minimum Gasteiger partial charge on any atom is -0.481 e. The van der Waals surface area contributed by atoms with Crippen molar-refractivity contribution in [2.45, 2.75) is 19.3 Å². The molecule has 0 atom stereocenters. The zero-order valence-electron chi connectivity index (χ0n) is 8.15. The molecule has 0 aliphatic carbocycles. The molecule has 0 spiro atoms. The van der Waals surface area contributed by atoms with E-state index in [2.05, 4.69) is 20.9 Å². The van der Waals surface area contributed by atoms with E-state index in [1.54, 1.807) is 12.3 Å². The third-order valence-corrected chi connectivity index (χ3v) is 2.23. The van der Waals surface area contributed by atoms with Gasteiger partial charge in [-0.15, -0.1) is 0 Å². The summed E-state index contributed by atoms with van der Waals surface area (Å²) in [6, 6.07) is 3.59. The fourth-order valence-electron chi connectivity index (χ4n) is 1.02. The van der Waals surface area contributed by atoms with Crippen LogP contribution in [0.1, 0.15) is 19.3 Å². The highest BCUT2D eigenvalue weighted by Crippen LogP contribution is 2.14. The van der Waals surface area contributed by atoms with Crippen LogP contribution in [-0.4, -0.2) is 22.7 Å². The van der Waals surface area contributed by atoms with E-state index < -0.39 is 5.97 Å². The number of aromatic nitrogens is 1. The fraction of sp³-hybridized carbons (Fsp3) is 0.400. The summed E-state index contributed by atoms with van der Waals surface area (Å²) in [5, 5.41) is 8.41. The lowest BCUT2D eigenvalue weighted by Gasteiger charge is -2.04. The molecule has 15 heavy (non-hydrogen) atoms. The summed E-state index contributed by atoms with van der Waals surface area (Å²) >= 11 is 3.31. The number of halogens is 1. The van der Waals surface area contributed by atoms with Crippen LogP contribution in [-0.2, 0) is 4.79 Å². The second-order valence-electron chi connectivity index (χ2n) is 3.01. The van der Waals surface area contributed by atoms with Crippen molar-refractivity contribution in [3.63, 3.8) is 0 Å². The summed E-state index contributed by atoms with van der Waals surface area (Å²) in [5.41, 5.74) is 0. The number of nitrogens with zero attached hydrogens (tertiary/aromatic N) is 1. The van der Waals surface area contributed by atoms with Gasteiger partial charge in [0, 0.05) is 23.2 Å². The Labute approximate surface area is 96.4 Å². The van der Waals surface area contributed by atoms with E-state index >= 15 is 0 Å². The van der Waals surface area contributed by atoms with Crippen LogP contribution in [0.4, 0.5) is 0 Å². The highest BCUT2D eigenvalue weighted by Gasteiger charge is 1.98. The molecule has 0 bridgehead atoms. The van der Waals surface area contributed by atoms with E-state index in [9.17, 15) is 4.79 Å². The van der Waals surface area contributed by atoms with Crippen molar-refractivity contribution in [2.75, 3.05) is 6.61 Å². The fourth-order valence-corrected chi connectivity index (χ4v) is 1.33. The Morgan fingerprint density at radius 2 is 2.33 bits per heavy atom. The molecule has 1 N–H and O–H groups in total. The molecule has 1 aromatic rings. The normalized spacial score (nSPS) is 9.93. The predicted molar refractivity (Wildman–Crippen MR) is 58.9 cm³/mol. The zero-order chi connectivity index (χ0) is 11.1. The Kier molecular flexibility index (Phi) is 5.10. The van der Waals surface area contributed by atoms with E-state index in [1.165, 1.54) is 0 Å². The number of hydrogen-bond acceptors (Lipinski definition) is 3. The molecule has 0 saturated carbocycles. The van der Waals surface area contributed by atoms with Crippen LogP contribution in [0.3, 0.4) is 0 Å². The topological polar surface area (TPSA) is 59.4 Å². The van der Waals surface area contributed by atoms with Crippen molar-refractivity contribution < 1.29 is 14.6 Å². The summed E-state index contributed by atoms with van der Waals surface area (Å²) in [5.74, 6) is -0.213. The molecule has 1 heterocycles. The van der Waals surface area contributed by atoms with Crippen molar-refractivity contribution in [3.8, 4) is 5.88 Å². The molecule has 0 saturated heterocycles. The number of unbranched alkanes of at least 4 members (excludes halogenated alkanes) is 1. The Bertz CT molecular complexity index is 330. The van der Waals surface area contributed by atoms with Gasteiger partial charge in [0.05, 0.1) is 6.61 Å². The number of carboxylic acids is 1. The van der Waals surface area contributed by atoms with Gasteiger partial charge < -0.3 is 9.84 Å². The molecule has 0 aliphatic heterocycles. The van der Waals surface area contributed by atoms with Crippen LogP contribution in [0.2, 0.25) is 0 Å². The van der Waals surface area contributed by atoms with Gasteiger partial charge in [0.1, 0.15) is 0 Å². The van der Waals surface area contributed by atoms with Crippen molar-refractivity contribution in [3.05, 3.63) is 22.8 Å². The summed E-state index contributed by atoms with van der Waals surface area (Å²) in [4.78, 5) is 14.2. The highest BCUT2D eigenvalue weighted by molar-refractivity contribution is 9.10. The van der Waals surface area contributed by atoms with Gasteiger partial charge in [-0.1, -0.05) is 15.9 Å². The van der Waals surface area contributed by atoms with Gasteiger partial charge in [0.15, 0.2) is 0 Å². The number of pyridine rings is 1. The van der Waals surface area contributed by atoms with Crippen LogP contribution in [0.5, 0.6) is 5.88 Å². The third-order valence-electron chi connectivity index (χ3n) is 1.73. The molecular formula is C10H12BrNO3. The smallest absolute Gasteiger partial charge is 0.303 e. The maximum absolute atomic E-state index is 10.2. The molecule has 1 aromatic heterocycles. The average molecular weight is 274 g/mol. The predicted octanol–water partition coefficient (Wildman–Crippen LogP) is 2.48. The number of aliphatic carboxylic acids is 1. The lowest BCUT2D eigenvalue weighted by molar-refractivity contribution is -0.137. The van der Waals surface area contributed by atoms with E-state index in [4.69, 9.17) is 9.84 Å². The van der Waals surface area contributed by atoms with Crippen LogP contribution in [0.25, 0.3) is 0 Å². The molecule has 0 amide bonds. The molecule has 0 radical (unpaired) electrons. The standard InChI is InChI=1S/C10H12BrNO3/c11-8-4-5-12-9(7-8)15-6-2-1-3-10(13)14/h4-5,7H,1-3,6H2,(H,13,14). The largest absolute Gasteiger partial charge is 0.481 e. The maximum Gasteiger partial charge on any atom is 0.303 e. The third kappa shape index (κ3) is 5.37. The zero-order valence-corrected chi connectivity index (χ0v) is 9.74. The first-order valence-electron chi connectivity index (χ1n) is 4.64. The van der Waals surface area contributed by atoms with Gasteiger partial charge in [-0.05, 0) is 18.9 Å². The molecule has 1 rings (SSSR count). The summed E-state index contributed by atoms with van der Waals surface area (Å²) in [6.07, 6.45) is 3.19. The van der Waals surface area contributed by atoms with Crippen molar-refractivity contribution in [2.24, 2.45) is 0 Å². The minimum atomic E-state index is -0.768. The molecule has 0 aliphatic rings. The molecule has 82 valence electrons. The molecule has 4 nitrogen and oxygen atoms in total.